The standard InChI is InChI=1S/C22H19N5O3/c1-30-18-12-10-17(11-13-18)24-22(29)15-6-8-16(9-7-15)23-21(28)14-27-20-5-3-2-4-19(20)25-26-27/h2-13H,14H2,1H3,(H,23,28)(H,24,29). The summed E-state index contributed by atoms with van der Waals surface area (Å²) in [4.78, 5) is 24.7. The highest BCUT2D eigenvalue weighted by molar-refractivity contribution is 6.04. The van der Waals surface area contributed by atoms with Crippen LogP contribution in [-0.4, -0.2) is 33.9 Å². The number of benzene rings is 3. The molecule has 0 unspecified atom stereocenters. The van der Waals surface area contributed by atoms with Crippen molar-refractivity contribution in [2.45, 2.75) is 6.54 Å². The Hall–Kier alpha value is -4.20. The third-order valence-electron chi connectivity index (χ3n) is 4.49. The van der Waals surface area contributed by atoms with Gasteiger partial charge in [0.05, 0.1) is 12.6 Å². The van der Waals surface area contributed by atoms with Crippen molar-refractivity contribution >= 4 is 34.2 Å². The summed E-state index contributed by atoms with van der Waals surface area (Å²) in [5, 5.41) is 13.7. The lowest BCUT2D eigenvalue weighted by Gasteiger charge is -2.08. The first kappa shape index (κ1) is 19.1. The maximum atomic E-state index is 12.4. The Labute approximate surface area is 172 Å². The van der Waals surface area contributed by atoms with Gasteiger partial charge in [0, 0.05) is 16.9 Å². The first-order valence-electron chi connectivity index (χ1n) is 9.26. The summed E-state index contributed by atoms with van der Waals surface area (Å²) >= 11 is 0. The maximum Gasteiger partial charge on any atom is 0.255 e. The first-order chi connectivity index (χ1) is 14.6. The van der Waals surface area contributed by atoms with Crippen LogP contribution < -0.4 is 15.4 Å². The molecule has 0 fully saturated rings. The maximum absolute atomic E-state index is 12.4. The number of nitrogens with one attached hydrogen (secondary N) is 2. The molecule has 1 heterocycles. The van der Waals surface area contributed by atoms with Gasteiger partial charge in [-0.05, 0) is 60.7 Å². The Morgan fingerprint density at radius 3 is 2.30 bits per heavy atom. The average Bonchev–Trinajstić information content (AvgIpc) is 3.17. The van der Waals surface area contributed by atoms with Gasteiger partial charge >= 0.3 is 0 Å². The van der Waals surface area contributed by atoms with E-state index in [2.05, 4.69) is 20.9 Å². The third-order valence-corrected chi connectivity index (χ3v) is 4.49. The van der Waals surface area contributed by atoms with E-state index >= 15 is 0 Å². The van der Waals surface area contributed by atoms with Crippen LogP contribution in [0.3, 0.4) is 0 Å². The molecular formula is C22H19N5O3. The fourth-order valence-electron chi connectivity index (χ4n) is 2.95. The zero-order valence-electron chi connectivity index (χ0n) is 16.2. The summed E-state index contributed by atoms with van der Waals surface area (Å²) in [6, 6.07) is 21.2. The number of aromatic nitrogens is 3. The SMILES string of the molecule is COc1ccc(NC(=O)c2ccc(NC(=O)Cn3nnc4ccccc43)cc2)cc1. The Morgan fingerprint density at radius 2 is 1.57 bits per heavy atom. The predicted molar refractivity (Wildman–Crippen MR) is 114 cm³/mol. The van der Waals surface area contributed by atoms with Crippen LogP contribution in [0.15, 0.2) is 72.8 Å². The zero-order valence-corrected chi connectivity index (χ0v) is 16.2. The Morgan fingerprint density at radius 1 is 0.900 bits per heavy atom. The van der Waals surface area contributed by atoms with Crippen LogP contribution >= 0.6 is 0 Å². The molecule has 0 atom stereocenters. The fraction of sp³-hybridized carbons (Fsp3) is 0.0909. The second-order valence-corrected chi connectivity index (χ2v) is 6.54. The normalized spacial score (nSPS) is 10.6. The van der Waals surface area contributed by atoms with Gasteiger partial charge in [-0.25, -0.2) is 4.68 Å². The smallest absolute Gasteiger partial charge is 0.255 e. The van der Waals surface area contributed by atoms with Crippen LogP contribution in [0.4, 0.5) is 11.4 Å². The highest BCUT2D eigenvalue weighted by Gasteiger charge is 2.10. The average molecular weight is 401 g/mol. The molecule has 30 heavy (non-hydrogen) atoms. The molecule has 0 saturated heterocycles. The van der Waals surface area contributed by atoms with Crippen LogP contribution in [0.2, 0.25) is 0 Å². The van der Waals surface area contributed by atoms with Crippen molar-refractivity contribution in [3.63, 3.8) is 0 Å². The first-order valence-corrected chi connectivity index (χ1v) is 9.26. The second-order valence-electron chi connectivity index (χ2n) is 6.54. The van der Waals surface area contributed by atoms with E-state index in [9.17, 15) is 9.59 Å². The van der Waals surface area contributed by atoms with Crippen molar-refractivity contribution in [1.82, 2.24) is 15.0 Å². The van der Waals surface area contributed by atoms with Gasteiger partial charge in [-0.3, -0.25) is 9.59 Å². The van der Waals surface area contributed by atoms with Crippen molar-refractivity contribution in [3.05, 3.63) is 78.4 Å². The van der Waals surface area contributed by atoms with Crippen molar-refractivity contribution in [1.29, 1.82) is 0 Å². The molecule has 150 valence electrons. The molecule has 8 nitrogen and oxygen atoms in total. The molecule has 0 aliphatic heterocycles. The monoisotopic (exact) mass is 401 g/mol. The van der Waals surface area contributed by atoms with Gasteiger partial charge in [0.15, 0.2) is 0 Å². The largest absolute Gasteiger partial charge is 0.497 e. The number of hydrogen-bond donors (Lipinski definition) is 2. The van der Waals surface area contributed by atoms with Gasteiger partial charge < -0.3 is 15.4 Å². The minimum absolute atomic E-state index is 0.0419. The van der Waals surface area contributed by atoms with Crippen LogP contribution in [0.25, 0.3) is 11.0 Å². The number of hydrogen-bond acceptors (Lipinski definition) is 5. The summed E-state index contributed by atoms with van der Waals surface area (Å²) in [5.41, 5.74) is 3.26. The summed E-state index contributed by atoms with van der Waals surface area (Å²) in [6.45, 7) is 0.0419. The Balaban J connectivity index is 1.36. The third kappa shape index (κ3) is 4.27. The molecular weight excluding hydrogens is 382 g/mol. The van der Waals surface area contributed by atoms with Crippen LogP contribution in [0, 0.1) is 0 Å². The number of carbonyl (C=O) groups is 2. The van der Waals surface area contributed by atoms with Gasteiger partial charge in [-0.15, -0.1) is 5.10 Å². The molecule has 0 bridgehead atoms. The quantitative estimate of drug-likeness (QED) is 0.516. The van der Waals surface area contributed by atoms with Crippen molar-refractivity contribution < 1.29 is 14.3 Å². The van der Waals surface area contributed by atoms with Crippen LogP contribution in [0.1, 0.15) is 10.4 Å². The zero-order chi connectivity index (χ0) is 20.9. The van der Waals surface area contributed by atoms with Crippen LogP contribution in [0.5, 0.6) is 5.75 Å². The number of carbonyl (C=O) groups excluding carboxylic acids is 2. The van der Waals surface area contributed by atoms with Gasteiger partial charge in [0.25, 0.3) is 5.91 Å². The van der Waals surface area contributed by atoms with E-state index in [1.807, 2.05) is 24.3 Å². The minimum Gasteiger partial charge on any atom is -0.497 e. The fourth-order valence-corrected chi connectivity index (χ4v) is 2.95. The van der Waals surface area contributed by atoms with E-state index in [0.717, 1.165) is 11.0 Å². The number of para-hydroxylation sites is 1. The molecule has 0 aliphatic carbocycles. The number of ether oxygens (including phenoxy) is 1. The van der Waals surface area contributed by atoms with E-state index in [1.54, 1.807) is 60.3 Å². The number of anilines is 2. The number of amides is 2. The number of fused-ring (bicyclic) bond motifs is 1. The van der Waals surface area contributed by atoms with E-state index in [1.165, 1.54) is 0 Å². The van der Waals surface area contributed by atoms with E-state index in [4.69, 9.17) is 4.74 Å². The summed E-state index contributed by atoms with van der Waals surface area (Å²) in [6.07, 6.45) is 0. The van der Waals surface area contributed by atoms with E-state index in [-0.39, 0.29) is 18.4 Å². The highest BCUT2D eigenvalue weighted by atomic mass is 16.5. The molecule has 0 spiro atoms. The Bertz CT molecular complexity index is 1180. The van der Waals surface area contributed by atoms with E-state index in [0.29, 0.717) is 22.7 Å². The molecule has 1 aromatic heterocycles. The van der Waals surface area contributed by atoms with Crippen molar-refractivity contribution in [2.24, 2.45) is 0 Å². The lowest BCUT2D eigenvalue weighted by atomic mass is 10.2. The van der Waals surface area contributed by atoms with Gasteiger partial charge in [0.1, 0.15) is 17.8 Å². The molecule has 0 aliphatic rings. The van der Waals surface area contributed by atoms with Gasteiger partial charge in [-0.2, -0.15) is 0 Å². The van der Waals surface area contributed by atoms with Crippen molar-refractivity contribution in [2.75, 3.05) is 17.7 Å². The molecule has 8 heteroatoms. The van der Waals surface area contributed by atoms with Gasteiger partial charge in [0.2, 0.25) is 5.91 Å². The highest BCUT2D eigenvalue weighted by Crippen LogP contribution is 2.17. The number of methoxy groups -OCH3 is 1. The number of rotatable bonds is 6. The molecule has 0 radical (unpaired) electrons. The molecule has 2 amide bonds. The minimum atomic E-state index is -0.243. The molecule has 4 aromatic rings. The summed E-state index contributed by atoms with van der Waals surface area (Å²) in [7, 11) is 1.59. The predicted octanol–water partition coefficient (Wildman–Crippen LogP) is 3.33. The topological polar surface area (TPSA) is 98.1 Å². The summed E-state index contributed by atoms with van der Waals surface area (Å²) < 4.78 is 6.64. The molecule has 4 rings (SSSR count). The Kier molecular flexibility index (Phi) is 5.38. The van der Waals surface area contributed by atoms with Crippen LogP contribution in [-0.2, 0) is 11.3 Å². The lowest BCUT2D eigenvalue weighted by Crippen LogP contribution is -2.19. The van der Waals surface area contributed by atoms with Gasteiger partial charge in [-0.1, -0.05) is 17.3 Å². The molecule has 2 N–H and O–H groups in total. The molecule has 3 aromatic carbocycles. The lowest BCUT2D eigenvalue weighted by molar-refractivity contribution is -0.116. The molecule has 0 saturated carbocycles. The number of nitrogens with zero attached hydrogens (tertiary/aromatic N) is 3. The summed E-state index contributed by atoms with van der Waals surface area (Å²) in [5.74, 6) is 0.236. The van der Waals surface area contributed by atoms with Crippen molar-refractivity contribution in [3.8, 4) is 5.75 Å². The second kappa shape index (κ2) is 8.44. The van der Waals surface area contributed by atoms with E-state index < -0.39 is 0 Å².